The second-order valence-corrected chi connectivity index (χ2v) is 6.25. The smallest absolute Gasteiger partial charge is 0.0761 e. The van der Waals surface area contributed by atoms with Gasteiger partial charge in [0.1, 0.15) is 0 Å². The van der Waals surface area contributed by atoms with Crippen LogP contribution in [-0.4, -0.2) is 7.28 Å². The van der Waals surface area contributed by atoms with Crippen LogP contribution in [0.1, 0.15) is 12.5 Å². The lowest BCUT2D eigenvalue weighted by Crippen LogP contribution is -2.21. The second kappa shape index (κ2) is 3.35. The van der Waals surface area contributed by atoms with E-state index in [2.05, 4.69) is 74.9 Å². The summed E-state index contributed by atoms with van der Waals surface area (Å²) < 4.78 is 0. The van der Waals surface area contributed by atoms with E-state index in [9.17, 15) is 0 Å². The lowest BCUT2D eigenvalue weighted by molar-refractivity contribution is 0.463. The van der Waals surface area contributed by atoms with Gasteiger partial charge in [-0.25, -0.2) is 0 Å². The molecule has 0 N–H and O–H groups in total. The average Bonchev–Trinajstić information content (AvgIpc) is 3.03. The minimum absolute atomic E-state index is 0.160. The Kier molecular flexibility index (Phi) is 1.80. The fourth-order valence-electron chi connectivity index (χ4n) is 4.03. The predicted molar refractivity (Wildman–Crippen MR) is 84.8 cm³/mol. The summed E-state index contributed by atoms with van der Waals surface area (Å²) in [5.41, 5.74) is 8.53. The molecule has 2 atom stereocenters. The van der Waals surface area contributed by atoms with Crippen molar-refractivity contribution in [3.63, 3.8) is 0 Å². The van der Waals surface area contributed by atoms with Gasteiger partial charge in [0.2, 0.25) is 0 Å². The molecule has 4 aliphatic rings. The third kappa shape index (κ3) is 1.11. The highest BCUT2D eigenvalue weighted by Gasteiger charge is 2.45. The van der Waals surface area contributed by atoms with Crippen LogP contribution in [0.5, 0.6) is 0 Å². The van der Waals surface area contributed by atoms with Gasteiger partial charge in [0, 0.05) is 11.3 Å². The third-order valence-corrected chi connectivity index (χ3v) is 5.32. The lowest BCUT2D eigenvalue weighted by atomic mass is 9.65. The van der Waals surface area contributed by atoms with Gasteiger partial charge >= 0.3 is 0 Å². The number of allylic oxidation sites excluding steroid dienone is 10. The Hall–Kier alpha value is -2.02. The fourth-order valence-corrected chi connectivity index (χ4v) is 4.03. The molecule has 5 rings (SSSR count). The van der Waals surface area contributed by atoms with E-state index in [4.69, 9.17) is 0 Å². The maximum atomic E-state index is 2.41. The van der Waals surface area contributed by atoms with Crippen LogP contribution in [0.4, 0.5) is 0 Å². The lowest BCUT2D eigenvalue weighted by Gasteiger charge is -2.28. The number of rotatable bonds is 0. The molecule has 0 nitrogen and oxygen atoms in total. The summed E-state index contributed by atoms with van der Waals surface area (Å²) in [5, 5.41) is 0. The van der Waals surface area contributed by atoms with Crippen LogP contribution >= 0.6 is 0 Å². The molecule has 1 heterocycles. The van der Waals surface area contributed by atoms with Crippen molar-refractivity contribution in [1.82, 2.24) is 0 Å². The van der Waals surface area contributed by atoms with Gasteiger partial charge in [0.25, 0.3) is 0 Å². The Morgan fingerprint density at radius 1 is 1.00 bits per heavy atom. The van der Waals surface area contributed by atoms with Gasteiger partial charge in [-0.1, -0.05) is 78.6 Å². The highest BCUT2D eigenvalue weighted by Crippen LogP contribution is 2.55. The third-order valence-electron chi connectivity index (χ3n) is 5.32. The van der Waals surface area contributed by atoms with Crippen molar-refractivity contribution in [3.8, 4) is 0 Å². The summed E-state index contributed by atoms with van der Waals surface area (Å²) in [6, 6.07) is 8.69. The van der Waals surface area contributed by atoms with Crippen molar-refractivity contribution in [2.45, 2.75) is 6.92 Å². The van der Waals surface area contributed by atoms with E-state index in [0.29, 0.717) is 5.92 Å². The first-order chi connectivity index (χ1) is 9.77. The monoisotopic (exact) mass is 253 g/mol. The van der Waals surface area contributed by atoms with Gasteiger partial charge in [0.15, 0.2) is 7.28 Å². The average molecular weight is 253 g/mol. The van der Waals surface area contributed by atoms with Crippen LogP contribution in [0, 0.1) is 11.3 Å². The summed E-state index contributed by atoms with van der Waals surface area (Å²) in [4.78, 5) is 0. The number of fused-ring (bicyclic) bond motifs is 2. The normalized spacial score (nSPS) is 31.4. The molecule has 1 aliphatic heterocycles. The fraction of sp³-hybridized carbons (Fsp3) is 0.158. The second-order valence-electron chi connectivity index (χ2n) is 6.25. The molecule has 0 saturated heterocycles. The van der Waals surface area contributed by atoms with E-state index < -0.39 is 0 Å². The van der Waals surface area contributed by atoms with Gasteiger partial charge in [-0.2, -0.15) is 0 Å². The summed E-state index contributed by atoms with van der Waals surface area (Å²) in [5.74, 6) is 0.537. The molecule has 3 aliphatic carbocycles. The van der Waals surface area contributed by atoms with Crippen LogP contribution in [0.2, 0.25) is 0 Å². The topological polar surface area (TPSA) is 0 Å². The first-order valence-corrected chi connectivity index (χ1v) is 7.26. The molecule has 0 saturated carbocycles. The molecule has 0 amide bonds. The largest absolute Gasteiger partial charge is 0.193 e. The van der Waals surface area contributed by atoms with Crippen LogP contribution in [0.3, 0.4) is 0 Å². The maximum Gasteiger partial charge on any atom is 0.193 e. The SMILES string of the molecule is C[C@@]12C3=CC4=C(C=C1C=CC2C=C3)c1ccccc1[B]4. The zero-order valence-electron chi connectivity index (χ0n) is 11.4. The highest BCUT2D eigenvalue weighted by molar-refractivity contribution is 6.67. The Morgan fingerprint density at radius 2 is 1.75 bits per heavy atom. The van der Waals surface area contributed by atoms with Crippen LogP contribution in [-0.2, 0) is 0 Å². The molecule has 1 unspecified atom stereocenters. The zero-order chi connectivity index (χ0) is 13.3. The van der Waals surface area contributed by atoms with Gasteiger partial charge in [-0.15, -0.1) is 0 Å². The van der Waals surface area contributed by atoms with Crippen LogP contribution in [0.25, 0.3) is 5.57 Å². The van der Waals surface area contributed by atoms with E-state index >= 15 is 0 Å². The minimum Gasteiger partial charge on any atom is -0.0761 e. The first-order valence-electron chi connectivity index (χ1n) is 7.26. The molecule has 0 fully saturated rings. The van der Waals surface area contributed by atoms with Crippen LogP contribution < -0.4 is 5.46 Å². The van der Waals surface area contributed by atoms with Gasteiger partial charge < -0.3 is 0 Å². The molecule has 20 heavy (non-hydrogen) atoms. The summed E-state index contributed by atoms with van der Waals surface area (Å²) in [7, 11) is 2.32. The Bertz CT molecular complexity index is 801. The molecular weight excluding hydrogens is 239 g/mol. The van der Waals surface area contributed by atoms with E-state index in [-0.39, 0.29) is 5.41 Å². The van der Waals surface area contributed by atoms with Crippen LogP contribution in [0.15, 0.2) is 77.3 Å². The molecule has 1 radical (unpaired) electrons. The van der Waals surface area contributed by atoms with Crippen molar-refractivity contribution >= 4 is 18.3 Å². The quantitative estimate of drug-likeness (QED) is 0.622. The standard InChI is InChI=1S/C19H14B/c1-19-12-6-8-13(19)10-16-15-4-2-3-5-17(15)20-18(16)11-14(19)9-7-12/h2-12H,1H3/t12?,19-/m0/s1. The van der Waals surface area contributed by atoms with E-state index in [1.54, 1.807) is 0 Å². The first kappa shape index (κ1) is 10.7. The number of benzene rings is 1. The summed E-state index contributed by atoms with van der Waals surface area (Å²) >= 11 is 0. The zero-order valence-corrected chi connectivity index (χ0v) is 11.4. The molecular formula is C19H14B. The molecule has 93 valence electrons. The molecule has 1 aromatic rings. The van der Waals surface area contributed by atoms with Crippen molar-refractivity contribution < 1.29 is 0 Å². The van der Waals surface area contributed by atoms with Crippen molar-refractivity contribution in [2.24, 2.45) is 11.3 Å². The maximum absolute atomic E-state index is 2.41. The Balaban J connectivity index is 1.80. The Morgan fingerprint density at radius 3 is 2.60 bits per heavy atom. The van der Waals surface area contributed by atoms with Gasteiger partial charge in [-0.05, 0) is 22.3 Å². The molecule has 1 aromatic carbocycles. The minimum atomic E-state index is 0.160. The van der Waals surface area contributed by atoms with Crippen molar-refractivity contribution in [1.29, 1.82) is 0 Å². The number of hydrogen-bond acceptors (Lipinski definition) is 0. The number of hydrogen-bond donors (Lipinski definition) is 0. The molecule has 0 bridgehead atoms. The highest BCUT2D eigenvalue weighted by atomic mass is 14.5. The molecule has 0 spiro atoms. The van der Waals surface area contributed by atoms with E-state index in [0.717, 1.165) is 0 Å². The predicted octanol–water partition coefficient (Wildman–Crippen LogP) is 3.37. The van der Waals surface area contributed by atoms with Crippen molar-refractivity contribution in [2.75, 3.05) is 0 Å². The summed E-state index contributed by atoms with van der Waals surface area (Å²) in [6.45, 7) is 2.38. The van der Waals surface area contributed by atoms with E-state index in [1.807, 2.05) is 0 Å². The Labute approximate surface area is 120 Å². The van der Waals surface area contributed by atoms with Gasteiger partial charge in [0.05, 0.1) is 0 Å². The molecule has 0 aromatic heterocycles. The summed E-state index contributed by atoms with van der Waals surface area (Å²) in [6.07, 6.45) is 14.1. The molecule has 1 heteroatoms. The van der Waals surface area contributed by atoms with Gasteiger partial charge in [-0.3, -0.25) is 0 Å². The van der Waals surface area contributed by atoms with E-state index in [1.165, 1.54) is 33.2 Å². The van der Waals surface area contributed by atoms with Crippen molar-refractivity contribution in [3.05, 3.63) is 82.9 Å².